The van der Waals surface area contributed by atoms with Crippen LogP contribution in [-0.2, 0) is 13.1 Å². The smallest absolute Gasteiger partial charge is 0.223 e. The highest BCUT2D eigenvalue weighted by molar-refractivity contribution is 14.0. The van der Waals surface area contributed by atoms with Crippen LogP contribution in [0.3, 0.4) is 0 Å². The normalized spacial score (nSPS) is 11.0. The second kappa shape index (κ2) is 9.09. The zero-order valence-corrected chi connectivity index (χ0v) is 16.6. The van der Waals surface area contributed by atoms with Gasteiger partial charge in [-0.1, -0.05) is 33.2 Å². The fourth-order valence-electron chi connectivity index (χ4n) is 1.89. The van der Waals surface area contributed by atoms with Crippen molar-refractivity contribution in [3.63, 3.8) is 0 Å². The Morgan fingerprint density at radius 1 is 1.36 bits per heavy atom. The Bertz CT molecular complexity index is 614. The number of hydrogen-bond donors (Lipinski definition) is 1. The molecule has 0 bridgehead atoms. The first kappa shape index (κ1) is 18.9. The van der Waals surface area contributed by atoms with E-state index >= 15 is 0 Å². The first-order valence-corrected chi connectivity index (χ1v) is 7.33. The summed E-state index contributed by atoms with van der Waals surface area (Å²) in [6.45, 7) is 3.01. The zero-order valence-electron chi connectivity index (χ0n) is 12.7. The van der Waals surface area contributed by atoms with Gasteiger partial charge < -0.3 is 14.7 Å². The van der Waals surface area contributed by atoms with Crippen LogP contribution in [0.5, 0.6) is 0 Å². The van der Waals surface area contributed by atoms with E-state index in [-0.39, 0.29) is 24.0 Å². The van der Waals surface area contributed by atoms with E-state index in [4.69, 9.17) is 4.52 Å². The van der Waals surface area contributed by atoms with Crippen LogP contribution in [0.1, 0.15) is 17.3 Å². The van der Waals surface area contributed by atoms with Gasteiger partial charge in [0.1, 0.15) is 0 Å². The Morgan fingerprint density at radius 2 is 2.05 bits per heavy atom. The average molecular weight is 480 g/mol. The molecule has 1 heterocycles. The molecule has 0 saturated carbocycles. The molecule has 6 nitrogen and oxygen atoms in total. The van der Waals surface area contributed by atoms with Gasteiger partial charge in [0.2, 0.25) is 5.89 Å². The molecule has 1 aromatic carbocycles. The summed E-state index contributed by atoms with van der Waals surface area (Å²) in [5.74, 6) is 1.95. The molecule has 1 aromatic heterocycles. The third-order valence-electron chi connectivity index (χ3n) is 2.88. The van der Waals surface area contributed by atoms with Crippen molar-refractivity contribution in [2.75, 3.05) is 14.1 Å². The first-order chi connectivity index (χ1) is 10.1. The fraction of sp³-hybridized carbons (Fsp3) is 0.357. The average Bonchev–Trinajstić information content (AvgIpc) is 2.88. The molecular weight excluding hydrogens is 461 g/mol. The van der Waals surface area contributed by atoms with Gasteiger partial charge in [-0.3, -0.25) is 4.99 Å². The topological polar surface area (TPSA) is 66.5 Å². The lowest BCUT2D eigenvalue weighted by Gasteiger charge is -2.21. The first-order valence-electron chi connectivity index (χ1n) is 6.54. The molecule has 8 heteroatoms. The highest BCUT2D eigenvalue weighted by Gasteiger charge is 2.08. The SMILES string of the molecule is CN=C(NCc1noc(C)n1)N(C)Cc1ccc(Br)cc1.I. The van der Waals surface area contributed by atoms with Crippen LogP contribution in [0.25, 0.3) is 0 Å². The predicted molar refractivity (Wildman–Crippen MR) is 100 cm³/mol. The minimum atomic E-state index is 0. The van der Waals surface area contributed by atoms with Gasteiger partial charge in [-0.05, 0) is 17.7 Å². The summed E-state index contributed by atoms with van der Waals surface area (Å²) >= 11 is 3.43. The van der Waals surface area contributed by atoms with Crippen LogP contribution in [0.4, 0.5) is 0 Å². The van der Waals surface area contributed by atoms with Gasteiger partial charge in [0.05, 0.1) is 6.54 Å². The van der Waals surface area contributed by atoms with E-state index < -0.39 is 0 Å². The number of guanidine groups is 1. The summed E-state index contributed by atoms with van der Waals surface area (Å²) in [6.07, 6.45) is 0. The van der Waals surface area contributed by atoms with Crippen molar-refractivity contribution >= 4 is 45.9 Å². The second-order valence-electron chi connectivity index (χ2n) is 4.61. The summed E-state index contributed by atoms with van der Waals surface area (Å²) in [5, 5.41) is 7.06. The lowest BCUT2D eigenvalue weighted by atomic mass is 10.2. The van der Waals surface area contributed by atoms with Crippen LogP contribution in [0.2, 0.25) is 0 Å². The third-order valence-corrected chi connectivity index (χ3v) is 3.41. The van der Waals surface area contributed by atoms with Gasteiger partial charge >= 0.3 is 0 Å². The molecule has 0 atom stereocenters. The summed E-state index contributed by atoms with van der Waals surface area (Å²) in [7, 11) is 3.74. The Morgan fingerprint density at radius 3 is 2.59 bits per heavy atom. The molecule has 120 valence electrons. The van der Waals surface area contributed by atoms with Crippen molar-refractivity contribution in [2.24, 2.45) is 4.99 Å². The summed E-state index contributed by atoms with van der Waals surface area (Å²) in [4.78, 5) is 10.4. The van der Waals surface area contributed by atoms with E-state index in [2.05, 4.69) is 48.5 Å². The number of aliphatic imine (C=N–C) groups is 1. The molecule has 22 heavy (non-hydrogen) atoms. The lowest BCUT2D eigenvalue weighted by Crippen LogP contribution is -2.38. The molecule has 0 unspecified atom stereocenters. The van der Waals surface area contributed by atoms with E-state index in [1.54, 1.807) is 14.0 Å². The number of nitrogens with zero attached hydrogens (tertiary/aromatic N) is 4. The molecule has 0 fully saturated rings. The largest absolute Gasteiger partial charge is 0.349 e. The molecule has 0 radical (unpaired) electrons. The standard InChI is InChI=1S/C14H18BrN5O.HI/c1-10-18-13(19-21-10)8-17-14(16-2)20(3)9-11-4-6-12(15)7-5-11;/h4-7H,8-9H2,1-3H3,(H,16,17);1H. The molecule has 2 rings (SSSR count). The quantitative estimate of drug-likeness (QED) is 0.415. The van der Waals surface area contributed by atoms with Gasteiger partial charge in [-0.2, -0.15) is 4.98 Å². The predicted octanol–water partition coefficient (Wildman–Crippen LogP) is 2.97. The van der Waals surface area contributed by atoms with Crippen molar-refractivity contribution in [1.82, 2.24) is 20.4 Å². The van der Waals surface area contributed by atoms with Crippen LogP contribution in [0, 0.1) is 6.92 Å². The number of rotatable bonds is 4. The summed E-state index contributed by atoms with van der Waals surface area (Å²) in [6, 6.07) is 8.22. The van der Waals surface area contributed by atoms with Gasteiger partial charge in [0, 0.05) is 32.0 Å². The Labute approximate surface area is 155 Å². The second-order valence-corrected chi connectivity index (χ2v) is 5.53. The molecule has 2 aromatic rings. The maximum atomic E-state index is 4.94. The van der Waals surface area contributed by atoms with Crippen molar-refractivity contribution in [1.29, 1.82) is 0 Å². The van der Waals surface area contributed by atoms with E-state index in [0.29, 0.717) is 18.3 Å². The van der Waals surface area contributed by atoms with Crippen LogP contribution in [0.15, 0.2) is 38.3 Å². The number of hydrogen-bond acceptors (Lipinski definition) is 4. The van der Waals surface area contributed by atoms with Crippen LogP contribution in [-0.4, -0.2) is 35.1 Å². The monoisotopic (exact) mass is 479 g/mol. The Kier molecular flexibility index (Phi) is 7.80. The molecule has 0 aliphatic carbocycles. The minimum Gasteiger partial charge on any atom is -0.349 e. The fourth-order valence-corrected chi connectivity index (χ4v) is 2.16. The van der Waals surface area contributed by atoms with Crippen molar-refractivity contribution in [3.05, 3.63) is 46.0 Å². The number of aryl methyl sites for hydroxylation is 1. The summed E-state index contributed by atoms with van der Waals surface area (Å²) < 4.78 is 6.01. The van der Waals surface area contributed by atoms with Gasteiger partial charge in [0.15, 0.2) is 11.8 Å². The maximum absolute atomic E-state index is 4.94. The van der Waals surface area contributed by atoms with E-state index in [1.165, 1.54) is 5.56 Å². The molecule has 0 aliphatic heterocycles. The number of nitrogens with one attached hydrogen (secondary N) is 1. The van der Waals surface area contributed by atoms with Gasteiger partial charge in [0.25, 0.3) is 0 Å². The summed E-state index contributed by atoms with van der Waals surface area (Å²) in [5.41, 5.74) is 1.21. The van der Waals surface area contributed by atoms with Crippen LogP contribution < -0.4 is 5.32 Å². The van der Waals surface area contributed by atoms with Gasteiger partial charge in [-0.25, -0.2) is 0 Å². The molecule has 0 amide bonds. The lowest BCUT2D eigenvalue weighted by molar-refractivity contribution is 0.386. The molecule has 0 saturated heterocycles. The number of halogens is 2. The minimum absolute atomic E-state index is 0. The Hall–Kier alpha value is -1.16. The maximum Gasteiger partial charge on any atom is 0.223 e. The zero-order chi connectivity index (χ0) is 15.2. The molecule has 0 aliphatic rings. The van der Waals surface area contributed by atoms with E-state index in [9.17, 15) is 0 Å². The van der Waals surface area contributed by atoms with E-state index in [1.807, 2.05) is 24.1 Å². The van der Waals surface area contributed by atoms with Crippen LogP contribution >= 0.6 is 39.9 Å². The van der Waals surface area contributed by atoms with Crippen molar-refractivity contribution in [2.45, 2.75) is 20.0 Å². The highest BCUT2D eigenvalue weighted by Crippen LogP contribution is 2.11. The van der Waals surface area contributed by atoms with Gasteiger partial charge in [-0.15, -0.1) is 24.0 Å². The van der Waals surface area contributed by atoms with Crippen molar-refractivity contribution in [3.8, 4) is 0 Å². The highest BCUT2D eigenvalue weighted by atomic mass is 127. The number of aromatic nitrogens is 2. The third kappa shape index (κ3) is 5.56. The molecular formula is C14H19BrIN5O. The van der Waals surface area contributed by atoms with E-state index in [0.717, 1.165) is 17.0 Å². The Balaban J connectivity index is 0.00000242. The molecule has 0 spiro atoms. The van der Waals surface area contributed by atoms with Crippen molar-refractivity contribution < 1.29 is 4.52 Å². The molecule has 1 N–H and O–H groups in total. The number of benzene rings is 1.